The summed E-state index contributed by atoms with van der Waals surface area (Å²) in [6.45, 7) is 6.26. The predicted molar refractivity (Wildman–Crippen MR) is 120 cm³/mol. The second-order valence-corrected chi connectivity index (χ2v) is 8.04. The number of likely N-dealkylation sites (N-methyl/N-ethyl adjacent to an activating group) is 1. The van der Waals surface area contributed by atoms with Crippen molar-refractivity contribution in [2.45, 2.75) is 12.3 Å². The molecule has 5 rings (SSSR count). The number of nitrogens with zero attached hydrogens (tertiary/aromatic N) is 7. The minimum Gasteiger partial charge on any atom is -0.338 e. The van der Waals surface area contributed by atoms with E-state index in [0.29, 0.717) is 31.1 Å². The minimum atomic E-state index is -0.0598. The molecular weight excluding hydrogens is 408 g/mol. The van der Waals surface area contributed by atoms with Crippen molar-refractivity contribution in [3.63, 3.8) is 0 Å². The normalized spacial score (nSPS) is 18.6. The first kappa shape index (κ1) is 20.0. The fraction of sp³-hybridized carbons (Fsp3) is 0.318. The summed E-state index contributed by atoms with van der Waals surface area (Å²) in [5.74, 6) is 0.655. The Morgan fingerprint density at radius 2 is 2.03 bits per heavy atom. The molecule has 0 saturated carbocycles. The number of likely N-dealkylation sites (tertiary alicyclic amines) is 1. The molecule has 1 unspecified atom stereocenters. The van der Waals surface area contributed by atoms with Crippen molar-refractivity contribution in [2.75, 3.05) is 43.4 Å². The van der Waals surface area contributed by atoms with E-state index in [2.05, 4.69) is 22.0 Å². The quantitative estimate of drug-likeness (QED) is 0.621. The van der Waals surface area contributed by atoms with Gasteiger partial charge in [-0.3, -0.25) is 9.69 Å². The standard InChI is InChI=1S/C22H24N8O2/c1-3-19(31)28-9-8-15(12-28)18-13-30-21(23-14-24-30)20(26-18)25-16-4-6-17(7-5-16)29-11-10-27(2)22(29)32/h3-7,13-15H,1,8-12H2,2H3,(H,25,26). The lowest BCUT2D eigenvalue weighted by atomic mass is 10.1. The maximum Gasteiger partial charge on any atom is 0.324 e. The summed E-state index contributed by atoms with van der Waals surface area (Å²) in [4.78, 5) is 38.6. The van der Waals surface area contributed by atoms with Crippen LogP contribution in [0, 0.1) is 0 Å². The van der Waals surface area contributed by atoms with Crippen molar-refractivity contribution >= 4 is 34.8 Å². The number of anilines is 3. The number of aromatic nitrogens is 4. The van der Waals surface area contributed by atoms with Crippen LogP contribution in [0.1, 0.15) is 18.0 Å². The summed E-state index contributed by atoms with van der Waals surface area (Å²) >= 11 is 0. The fourth-order valence-electron chi connectivity index (χ4n) is 4.21. The number of fused-ring (bicyclic) bond motifs is 1. The van der Waals surface area contributed by atoms with E-state index in [1.165, 1.54) is 12.4 Å². The van der Waals surface area contributed by atoms with Crippen LogP contribution in [0.3, 0.4) is 0 Å². The molecule has 3 aromatic rings. The van der Waals surface area contributed by atoms with Gasteiger partial charge in [-0.05, 0) is 36.8 Å². The van der Waals surface area contributed by atoms with Crippen LogP contribution in [0.25, 0.3) is 5.65 Å². The summed E-state index contributed by atoms with van der Waals surface area (Å²) in [5.41, 5.74) is 3.16. The Balaban J connectivity index is 1.38. The van der Waals surface area contributed by atoms with E-state index in [0.717, 1.165) is 30.0 Å². The SMILES string of the molecule is C=CC(=O)N1CCC(c2cn3ncnc3c(Nc3ccc(N4CCN(C)C4=O)cc3)n2)C1. The molecule has 10 heteroatoms. The number of carbonyl (C=O) groups is 2. The van der Waals surface area contributed by atoms with Gasteiger partial charge in [-0.25, -0.2) is 19.3 Å². The molecule has 10 nitrogen and oxygen atoms in total. The molecular formula is C22H24N8O2. The van der Waals surface area contributed by atoms with Gasteiger partial charge in [-0.15, -0.1) is 0 Å². The van der Waals surface area contributed by atoms with E-state index in [1.54, 1.807) is 26.3 Å². The zero-order valence-electron chi connectivity index (χ0n) is 17.8. The Labute approximate surface area is 185 Å². The Kier molecular flexibility index (Phi) is 4.96. The van der Waals surface area contributed by atoms with E-state index >= 15 is 0 Å². The third-order valence-electron chi connectivity index (χ3n) is 6.03. The van der Waals surface area contributed by atoms with Crippen molar-refractivity contribution < 1.29 is 9.59 Å². The topological polar surface area (TPSA) is 99.0 Å². The molecule has 1 atom stereocenters. The van der Waals surface area contributed by atoms with Crippen LogP contribution in [-0.4, -0.2) is 74.5 Å². The molecule has 2 fully saturated rings. The number of benzene rings is 1. The lowest BCUT2D eigenvalue weighted by molar-refractivity contribution is -0.125. The van der Waals surface area contributed by atoms with Crippen molar-refractivity contribution in [3.8, 4) is 0 Å². The minimum absolute atomic E-state index is 0.00536. The van der Waals surface area contributed by atoms with Gasteiger partial charge in [0.25, 0.3) is 0 Å². The molecule has 0 spiro atoms. The number of hydrogen-bond acceptors (Lipinski definition) is 6. The van der Waals surface area contributed by atoms with Crippen LogP contribution in [0.5, 0.6) is 0 Å². The van der Waals surface area contributed by atoms with Crippen molar-refractivity contribution in [3.05, 3.63) is 55.1 Å². The third kappa shape index (κ3) is 3.53. The second-order valence-electron chi connectivity index (χ2n) is 8.04. The number of carbonyl (C=O) groups excluding carboxylic acids is 2. The molecule has 2 aliphatic heterocycles. The van der Waals surface area contributed by atoms with Crippen molar-refractivity contribution in [1.29, 1.82) is 0 Å². The molecule has 1 aromatic carbocycles. The molecule has 3 amide bonds. The van der Waals surface area contributed by atoms with Gasteiger partial charge >= 0.3 is 6.03 Å². The smallest absolute Gasteiger partial charge is 0.324 e. The zero-order valence-corrected chi connectivity index (χ0v) is 17.8. The second kappa shape index (κ2) is 7.95. The lowest BCUT2D eigenvalue weighted by Gasteiger charge is -2.17. The molecule has 2 saturated heterocycles. The number of nitrogens with one attached hydrogen (secondary N) is 1. The van der Waals surface area contributed by atoms with E-state index in [1.807, 2.05) is 30.5 Å². The molecule has 2 aliphatic rings. The first-order valence-electron chi connectivity index (χ1n) is 10.5. The van der Waals surface area contributed by atoms with Gasteiger partial charge in [0.05, 0.1) is 11.9 Å². The van der Waals surface area contributed by atoms with Crippen LogP contribution in [0.4, 0.5) is 22.0 Å². The third-order valence-corrected chi connectivity index (χ3v) is 6.03. The molecule has 0 aliphatic carbocycles. The maximum absolute atomic E-state index is 12.2. The van der Waals surface area contributed by atoms with Gasteiger partial charge in [-0.1, -0.05) is 6.58 Å². The predicted octanol–water partition coefficient (Wildman–Crippen LogP) is 2.24. The summed E-state index contributed by atoms with van der Waals surface area (Å²) in [6, 6.07) is 7.68. The van der Waals surface area contributed by atoms with Crippen LogP contribution < -0.4 is 10.2 Å². The first-order chi connectivity index (χ1) is 15.5. The Morgan fingerprint density at radius 3 is 2.75 bits per heavy atom. The molecule has 1 N–H and O–H groups in total. The highest BCUT2D eigenvalue weighted by molar-refractivity contribution is 5.94. The van der Waals surface area contributed by atoms with Crippen molar-refractivity contribution in [2.24, 2.45) is 0 Å². The van der Waals surface area contributed by atoms with E-state index in [4.69, 9.17) is 4.98 Å². The largest absolute Gasteiger partial charge is 0.338 e. The Hall–Kier alpha value is -3.95. The average molecular weight is 432 g/mol. The van der Waals surface area contributed by atoms with Crippen LogP contribution in [-0.2, 0) is 4.79 Å². The van der Waals surface area contributed by atoms with Gasteiger partial charge in [0.2, 0.25) is 5.91 Å². The Morgan fingerprint density at radius 1 is 1.22 bits per heavy atom. The van der Waals surface area contributed by atoms with Crippen LogP contribution in [0.15, 0.2) is 49.4 Å². The summed E-state index contributed by atoms with van der Waals surface area (Å²) in [7, 11) is 1.80. The van der Waals surface area contributed by atoms with Crippen molar-refractivity contribution in [1.82, 2.24) is 29.4 Å². The van der Waals surface area contributed by atoms with Crippen LogP contribution in [0.2, 0.25) is 0 Å². The van der Waals surface area contributed by atoms with E-state index < -0.39 is 0 Å². The number of urea groups is 1. The molecule has 2 aromatic heterocycles. The lowest BCUT2D eigenvalue weighted by Crippen LogP contribution is -2.29. The highest BCUT2D eigenvalue weighted by atomic mass is 16.2. The van der Waals surface area contributed by atoms with Gasteiger partial charge in [-0.2, -0.15) is 5.10 Å². The number of amides is 3. The summed E-state index contributed by atoms with van der Waals surface area (Å²) in [6.07, 6.45) is 5.55. The summed E-state index contributed by atoms with van der Waals surface area (Å²) < 4.78 is 1.70. The number of hydrogen-bond donors (Lipinski definition) is 1. The monoisotopic (exact) mass is 432 g/mol. The molecule has 0 radical (unpaired) electrons. The first-order valence-corrected chi connectivity index (χ1v) is 10.5. The molecule has 164 valence electrons. The number of rotatable bonds is 5. The Bertz CT molecular complexity index is 1190. The average Bonchev–Trinajstić information content (AvgIpc) is 3.55. The molecule has 0 bridgehead atoms. The van der Waals surface area contributed by atoms with Gasteiger partial charge in [0.15, 0.2) is 11.5 Å². The van der Waals surface area contributed by atoms with E-state index in [9.17, 15) is 9.59 Å². The summed E-state index contributed by atoms with van der Waals surface area (Å²) in [5, 5.41) is 7.62. The van der Waals surface area contributed by atoms with Gasteiger partial charge < -0.3 is 15.1 Å². The van der Waals surface area contributed by atoms with Gasteiger partial charge in [0, 0.05) is 50.5 Å². The zero-order chi connectivity index (χ0) is 22.2. The van der Waals surface area contributed by atoms with Crippen LogP contribution >= 0.6 is 0 Å². The molecule has 4 heterocycles. The highest BCUT2D eigenvalue weighted by Gasteiger charge is 2.28. The highest BCUT2D eigenvalue weighted by Crippen LogP contribution is 2.29. The maximum atomic E-state index is 12.2. The fourth-order valence-corrected chi connectivity index (χ4v) is 4.21. The molecule has 32 heavy (non-hydrogen) atoms. The van der Waals surface area contributed by atoms with E-state index in [-0.39, 0.29) is 17.9 Å². The van der Waals surface area contributed by atoms with Gasteiger partial charge in [0.1, 0.15) is 6.33 Å².